The summed E-state index contributed by atoms with van der Waals surface area (Å²) >= 11 is 1.75. The van der Waals surface area contributed by atoms with Gasteiger partial charge in [0, 0.05) is 11.1 Å². The van der Waals surface area contributed by atoms with Crippen molar-refractivity contribution in [3.8, 4) is 0 Å². The average Bonchev–Trinajstić information content (AvgIpc) is 2.53. The third-order valence-corrected chi connectivity index (χ3v) is 2.19. The second kappa shape index (κ2) is 5.63. The van der Waals surface area contributed by atoms with E-state index >= 15 is 0 Å². The summed E-state index contributed by atoms with van der Waals surface area (Å²) in [5, 5.41) is 0. The molecule has 1 aliphatic heterocycles. The fraction of sp³-hybridized carbons (Fsp3) is 0.727. The predicted octanol–water partition coefficient (Wildman–Crippen LogP) is 3.48. The number of hydrogen-bond acceptors (Lipinski definition) is 2. The molecule has 0 fully saturated rings. The van der Waals surface area contributed by atoms with E-state index < -0.39 is 0 Å². The van der Waals surface area contributed by atoms with Crippen molar-refractivity contribution < 1.29 is 20.0 Å². The molecule has 0 spiro atoms. The topological polar surface area (TPSA) is 6.48 Å². The van der Waals surface area contributed by atoms with Crippen molar-refractivity contribution in [2.45, 2.75) is 52.6 Å². The van der Waals surface area contributed by atoms with Gasteiger partial charge in [-0.05, 0) is 53.9 Å². The Morgan fingerprint density at radius 3 is 1.27 bits per heavy atom. The average molecular weight is 414 g/mol. The molecule has 0 unspecified atom stereocenters. The van der Waals surface area contributed by atoms with Gasteiger partial charge in [0.05, 0.1) is 0 Å². The number of nitrogens with zero attached hydrogens (tertiary/aromatic N) is 2. The standard InChI is InChI=1S/C11H21N2.Au.ClH/c1-10(2,3)12-7-8-13(9-12)11(4,5)6;;/h7-9H,1-6H3;;1H/q-1;+1;/p-1. The monoisotopic (exact) mass is 413 g/mol. The van der Waals surface area contributed by atoms with Gasteiger partial charge in [0.25, 0.3) is 0 Å². The summed E-state index contributed by atoms with van der Waals surface area (Å²) in [6, 6.07) is 0. The molecule has 2 nitrogen and oxygen atoms in total. The van der Waals surface area contributed by atoms with Crippen LogP contribution in [0.15, 0.2) is 12.4 Å². The van der Waals surface area contributed by atoms with Crippen LogP contribution in [-0.2, 0) is 20.0 Å². The molecule has 0 saturated carbocycles. The molecule has 0 aromatic rings. The molecule has 1 rings (SSSR count). The SMILES string of the molecule is CC(C)(C)N1C=CN(C(C)(C)C)[CH-]1.[Cl][Au]. The molecule has 0 aromatic heterocycles. The first kappa shape index (κ1) is 15.4. The molecule has 0 saturated heterocycles. The van der Waals surface area contributed by atoms with Crippen LogP contribution in [-0.4, -0.2) is 20.9 Å². The molecule has 94 valence electrons. The van der Waals surface area contributed by atoms with E-state index in [1.807, 2.05) is 0 Å². The zero-order valence-electron chi connectivity index (χ0n) is 10.3. The van der Waals surface area contributed by atoms with Crippen molar-refractivity contribution in [2.75, 3.05) is 0 Å². The second-order valence-electron chi connectivity index (χ2n) is 5.57. The van der Waals surface area contributed by atoms with E-state index in [0.717, 1.165) is 0 Å². The van der Waals surface area contributed by atoms with Crippen LogP contribution in [0.1, 0.15) is 41.5 Å². The van der Waals surface area contributed by atoms with Crippen LogP contribution >= 0.6 is 9.19 Å². The van der Waals surface area contributed by atoms with Gasteiger partial charge in [0.2, 0.25) is 0 Å². The third-order valence-electron chi connectivity index (χ3n) is 2.19. The Kier molecular flexibility index (Phi) is 5.76. The van der Waals surface area contributed by atoms with Crippen molar-refractivity contribution in [3.63, 3.8) is 0 Å². The summed E-state index contributed by atoms with van der Waals surface area (Å²) in [7, 11) is 4.58. The summed E-state index contributed by atoms with van der Waals surface area (Å²) in [6.45, 7) is 15.4. The van der Waals surface area contributed by atoms with E-state index in [9.17, 15) is 0 Å². The fourth-order valence-electron chi connectivity index (χ4n) is 1.15. The van der Waals surface area contributed by atoms with E-state index in [0.29, 0.717) is 0 Å². The fourth-order valence-corrected chi connectivity index (χ4v) is 1.15. The first-order chi connectivity index (χ1) is 6.71. The normalized spacial score (nSPS) is 16.6. The van der Waals surface area contributed by atoms with E-state index in [-0.39, 0.29) is 11.1 Å². The summed E-state index contributed by atoms with van der Waals surface area (Å²) < 4.78 is 0. The number of hydrogen-bond donors (Lipinski definition) is 0. The number of rotatable bonds is 0. The Bertz CT molecular complexity index is 194. The molecule has 0 N–H and O–H groups in total. The Morgan fingerprint density at radius 2 is 1.13 bits per heavy atom. The Morgan fingerprint density at radius 1 is 0.867 bits per heavy atom. The van der Waals surface area contributed by atoms with Gasteiger partial charge >= 0.3 is 29.2 Å². The van der Waals surface area contributed by atoms with Gasteiger partial charge in [-0.2, -0.15) is 6.67 Å². The molecule has 1 aliphatic rings. The van der Waals surface area contributed by atoms with Gasteiger partial charge in [-0.15, -0.1) is 0 Å². The molecule has 0 amide bonds. The van der Waals surface area contributed by atoms with E-state index in [1.54, 1.807) is 20.0 Å². The van der Waals surface area contributed by atoms with Crippen LogP contribution in [0.2, 0.25) is 0 Å². The van der Waals surface area contributed by atoms with Gasteiger partial charge < -0.3 is 9.80 Å². The first-order valence-electron chi connectivity index (χ1n) is 4.93. The van der Waals surface area contributed by atoms with Crippen LogP contribution in [0.4, 0.5) is 0 Å². The van der Waals surface area contributed by atoms with Crippen molar-refractivity contribution in [3.05, 3.63) is 19.1 Å². The van der Waals surface area contributed by atoms with Crippen molar-refractivity contribution in [1.82, 2.24) is 9.80 Å². The second-order valence-corrected chi connectivity index (χ2v) is 5.57. The molecular weight excluding hydrogens is 393 g/mol. The molecule has 4 heteroatoms. The van der Waals surface area contributed by atoms with Gasteiger partial charge in [0.1, 0.15) is 0 Å². The minimum atomic E-state index is 0.177. The van der Waals surface area contributed by atoms with Gasteiger partial charge in [-0.3, -0.25) is 0 Å². The first-order valence-corrected chi connectivity index (χ1v) is 7.61. The molecule has 0 aliphatic carbocycles. The Balaban J connectivity index is 0.000000921. The Labute approximate surface area is 110 Å². The summed E-state index contributed by atoms with van der Waals surface area (Å²) in [5.74, 6) is 0. The maximum atomic E-state index is 4.58. The van der Waals surface area contributed by atoms with Crippen molar-refractivity contribution in [1.29, 1.82) is 0 Å². The molecule has 0 aromatic carbocycles. The van der Waals surface area contributed by atoms with E-state index in [2.05, 4.69) is 79.6 Å². The van der Waals surface area contributed by atoms with Crippen LogP contribution in [0, 0.1) is 6.67 Å². The van der Waals surface area contributed by atoms with Crippen LogP contribution < -0.4 is 0 Å². The zero-order chi connectivity index (χ0) is 12.3. The minimum absolute atomic E-state index is 0.177. The number of halogens is 1. The quantitative estimate of drug-likeness (QED) is 0.443. The summed E-state index contributed by atoms with van der Waals surface area (Å²) in [5.41, 5.74) is 0.354. The van der Waals surface area contributed by atoms with E-state index in [4.69, 9.17) is 0 Å². The summed E-state index contributed by atoms with van der Waals surface area (Å²) in [6.07, 6.45) is 4.26. The zero-order valence-corrected chi connectivity index (χ0v) is 13.2. The Hall–Kier alpha value is 0.370. The van der Waals surface area contributed by atoms with Crippen LogP contribution in [0.25, 0.3) is 0 Å². The molecule has 0 atom stereocenters. The molecule has 0 radical (unpaired) electrons. The summed E-state index contributed by atoms with van der Waals surface area (Å²) in [4.78, 5) is 4.47. The predicted molar refractivity (Wildman–Crippen MR) is 62.5 cm³/mol. The van der Waals surface area contributed by atoms with Gasteiger partial charge in [-0.1, -0.05) is 0 Å². The van der Waals surface area contributed by atoms with Gasteiger partial charge in [0.15, 0.2) is 0 Å². The molecular formula is C11H21AuClN2-. The molecule has 1 heterocycles. The van der Waals surface area contributed by atoms with Crippen LogP contribution in [0.3, 0.4) is 0 Å². The van der Waals surface area contributed by atoms with Crippen molar-refractivity contribution in [2.24, 2.45) is 0 Å². The molecule has 0 bridgehead atoms. The third kappa shape index (κ3) is 4.82. The van der Waals surface area contributed by atoms with Gasteiger partial charge in [-0.25, -0.2) is 0 Å². The van der Waals surface area contributed by atoms with Crippen molar-refractivity contribution >= 4 is 9.19 Å². The van der Waals surface area contributed by atoms with Crippen LogP contribution in [0.5, 0.6) is 0 Å². The van der Waals surface area contributed by atoms with E-state index in [1.165, 1.54) is 0 Å². The maximum absolute atomic E-state index is 4.58. The molecule has 15 heavy (non-hydrogen) atoms.